The number of nitrogens with one attached hydrogen (secondary N) is 2. The molecule has 8 heteroatoms. The average Bonchev–Trinajstić information content (AvgIpc) is 3.44. The number of amides is 3. The third-order valence-corrected chi connectivity index (χ3v) is 7.16. The highest BCUT2D eigenvalue weighted by Gasteiger charge is 2.35. The molecule has 41 heavy (non-hydrogen) atoms. The van der Waals surface area contributed by atoms with Gasteiger partial charge in [-0.15, -0.1) is 0 Å². The quantitative estimate of drug-likeness (QED) is 0.169. The highest BCUT2D eigenvalue weighted by molar-refractivity contribution is 6.00. The maximum absolute atomic E-state index is 13.7. The number of hydrogen-bond donors (Lipinski definition) is 2. The highest BCUT2D eigenvalue weighted by Crippen LogP contribution is 2.21. The summed E-state index contributed by atoms with van der Waals surface area (Å²) in [4.78, 5) is 46.9. The number of likely N-dealkylation sites (tertiary alicyclic amines) is 1. The van der Waals surface area contributed by atoms with Gasteiger partial charge < -0.3 is 15.0 Å². The molecule has 222 valence electrons. The van der Waals surface area contributed by atoms with Gasteiger partial charge in [0.1, 0.15) is 6.04 Å². The van der Waals surface area contributed by atoms with Crippen LogP contribution in [0, 0.1) is 5.92 Å². The lowest BCUT2D eigenvalue weighted by atomic mass is 10.0. The first-order valence-electron chi connectivity index (χ1n) is 14.8. The van der Waals surface area contributed by atoms with Crippen molar-refractivity contribution in [3.05, 3.63) is 83.4 Å². The number of benzene rings is 2. The minimum Gasteiger partial charge on any atom is -0.375 e. The van der Waals surface area contributed by atoms with Crippen molar-refractivity contribution < 1.29 is 24.0 Å². The molecule has 1 aliphatic rings. The van der Waals surface area contributed by atoms with Gasteiger partial charge in [-0.3, -0.25) is 19.2 Å². The summed E-state index contributed by atoms with van der Waals surface area (Å²) < 4.78 is 5.96. The number of hydroxylamine groups is 1. The van der Waals surface area contributed by atoms with E-state index in [0.717, 1.165) is 36.8 Å². The minimum absolute atomic E-state index is 0.0310. The summed E-state index contributed by atoms with van der Waals surface area (Å²) >= 11 is 0. The Bertz CT molecular complexity index is 1120. The topological polar surface area (TPSA) is 97.0 Å². The molecule has 3 amide bonds. The van der Waals surface area contributed by atoms with E-state index in [1.54, 1.807) is 6.08 Å². The number of nitrogens with zero attached hydrogens (tertiary/aromatic N) is 1. The lowest BCUT2D eigenvalue weighted by Gasteiger charge is -2.31. The van der Waals surface area contributed by atoms with Crippen molar-refractivity contribution >= 4 is 17.7 Å². The van der Waals surface area contributed by atoms with E-state index in [4.69, 9.17) is 9.57 Å². The van der Waals surface area contributed by atoms with Gasteiger partial charge in [0.2, 0.25) is 17.7 Å². The Balaban J connectivity index is 1.58. The van der Waals surface area contributed by atoms with Gasteiger partial charge in [0.25, 0.3) is 0 Å². The molecule has 2 aromatic rings. The molecule has 0 saturated carbocycles. The maximum Gasteiger partial charge on any atom is 0.248 e. The zero-order valence-electron chi connectivity index (χ0n) is 24.6. The molecule has 8 nitrogen and oxygen atoms in total. The number of carbonyl (C=O) groups excluding carboxylic acids is 3. The predicted molar refractivity (Wildman–Crippen MR) is 159 cm³/mol. The molecule has 0 spiro atoms. The van der Waals surface area contributed by atoms with Crippen LogP contribution in [0.25, 0.3) is 0 Å². The number of hydrogen-bond acceptors (Lipinski definition) is 5. The fraction of sp³-hybridized carbons (Fsp3) is 0.485. The summed E-state index contributed by atoms with van der Waals surface area (Å²) in [6.07, 6.45) is 5.96. The standard InChI is InChI=1S/C33H45N3O5/c1-4-5-8-18-28(21-30(37)35-41-23-27-16-11-7-12-17-27)32(38)34-31(25(2)3)33(39)36-20-13-19-29(36)24-40-22-26-14-9-6-10-15-26/h6-7,9-12,14-18,25,29,31H,4-5,8,13,19-24H2,1-3H3,(H,34,38)(H,35,37)/b28-18+/t29-,31-/m0/s1. The molecule has 1 saturated heterocycles. The average molecular weight is 564 g/mol. The Morgan fingerprint density at radius 2 is 1.66 bits per heavy atom. The number of allylic oxidation sites excluding steroid dienone is 1. The first-order chi connectivity index (χ1) is 19.9. The van der Waals surface area contributed by atoms with E-state index in [-0.39, 0.29) is 30.9 Å². The molecule has 0 bridgehead atoms. The van der Waals surface area contributed by atoms with E-state index in [9.17, 15) is 14.4 Å². The van der Waals surface area contributed by atoms with Crippen LogP contribution in [0.3, 0.4) is 0 Å². The van der Waals surface area contributed by atoms with Gasteiger partial charge in [-0.25, -0.2) is 5.48 Å². The SMILES string of the molecule is CCCC/C=C(\CC(=O)NOCc1ccccc1)C(=O)N[C@H](C(=O)N1CCC[C@H]1COCc1ccccc1)C(C)C. The third-order valence-electron chi connectivity index (χ3n) is 7.16. The van der Waals surface area contributed by atoms with Crippen LogP contribution in [0.4, 0.5) is 0 Å². The molecule has 3 rings (SSSR count). The summed E-state index contributed by atoms with van der Waals surface area (Å²) in [5.41, 5.74) is 4.79. The lowest BCUT2D eigenvalue weighted by molar-refractivity contribution is -0.139. The zero-order valence-corrected chi connectivity index (χ0v) is 24.6. The molecule has 1 heterocycles. The van der Waals surface area contributed by atoms with E-state index in [1.165, 1.54) is 0 Å². The number of carbonyl (C=O) groups is 3. The Morgan fingerprint density at radius 3 is 2.29 bits per heavy atom. The van der Waals surface area contributed by atoms with Crippen molar-refractivity contribution in [2.75, 3.05) is 13.2 Å². The van der Waals surface area contributed by atoms with Crippen molar-refractivity contribution in [2.45, 2.75) is 84.6 Å². The molecule has 2 N–H and O–H groups in total. The first-order valence-corrected chi connectivity index (χ1v) is 14.8. The molecule has 1 fully saturated rings. The van der Waals surface area contributed by atoms with Crippen LogP contribution in [-0.4, -0.2) is 47.9 Å². The lowest BCUT2D eigenvalue weighted by Crippen LogP contribution is -2.53. The Kier molecular flexibility index (Phi) is 13.6. The Hall–Kier alpha value is -3.49. The summed E-state index contributed by atoms with van der Waals surface area (Å²) in [6, 6.07) is 18.7. The van der Waals surface area contributed by atoms with Crippen molar-refractivity contribution in [2.24, 2.45) is 5.92 Å². The van der Waals surface area contributed by atoms with Crippen molar-refractivity contribution in [3.8, 4) is 0 Å². The molecule has 0 aromatic heterocycles. The van der Waals surface area contributed by atoms with Crippen LogP contribution in [0.1, 0.15) is 70.4 Å². The summed E-state index contributed by atoms with van der Waals surface area (Å²) in [7, 11) is 0. The van der Waals surface area contributed by atoms with Gasteiger partial charge in [-0.1, -0.05) is 100 Å². The molecule has 2 atom stereocenters. The van der Waals surface area contributed by atoms with E-state index >= 15 is 0 Å². The number of rotatable bonds is 16. The monoisotopic (exact) mass is 563 g/mol. The molecule has 0 unspecified atom stereocenters. The van der Waals surface area contributed by atoms with Gasteiger partial charge in [0.15, 0.2) is 0 Å². The molecule has 0 aliphatic carbocycles. The van der Waals surface area contributed by atoms with Crippen molar-refractivity contribution in [1.82, 2.24) is 15.7 Å². The fourth-order valence-electron chi connectivity index (χ4n) is 4.82. The van der Waals surface area contributed by atoms with E-state index in [1.807, 2.05) is 79.4 Å². The van der Waals surface area contributed by atoms with Gasteiger partial charge >= 0.3 is 0 Å². The van der Waals surface area contributed by atoms with Crippen molar-refractivity contribution in [3.63, 3.8) is 0 Å². The molecular formula is C33H45N3O5. The number of unbranched alkanes of at least 4 members (excludes halogenated alkanes) is 2. The maximum atomic E-state index is 13.7. The van der Waals surface area contributed by atoms with Crippen molar-refractivity contribution in [1.29, 1.82) is 0 Å². The summed E-state index contributed by atoms with van der Waals surface area (Å²) in [5.74, 6) is -1.05. The molecule has 0 radical (unpaired) electrons. The second kappa shape index (κ2) is 17.4. The summed E-state index contributed by atoms with van der Waals surface area (Å²) in [6.45, 7) is 7.72. The minimum atomic E-state index is -0.704. The zero-order chi connectivity index (χ0) is 29.5. The molecule has 2 aromatic carbocycles. The smallest absolute Gasteiger partial charge is 0.248 e. The third kappa shape index (κ3) is 10.8. The predicted octanol–water partition coefficient (Wildman–Crippen LogP) is 5.09. The molecular weight excluding hydrogens is 518 g/mol. The fourth-order valence-corrected chi connectivity index (χ4v) is 4.82. The second-order valence-corrected chi connectivity index (χ2v) is 10.9. The van der Waals surface area contributed by atoms with Gasteiger partial charge in [0, 0.05) is 12.1 Å². The first kappa shape index (κ1) is 32.0. The Labute approximate surface area is 244 Å². The second-order valence-electron chi connectivity index (χ2n) is 10.9. The van der Waals surface area contributed by atoms with E-state index < -0.39 is 17.9 Å². The van der Waals surface area contributed by atoms with E-state index in [0.29, 0.717) is 31.8 Å². The van der Waals surface area contributed by atoms with Crippen LogP contribution < -0.4 is 10.8 Å². The number of ether oxygens (including phenoxy) is 1. The molecule has 1 aliphatic heterocycles. The normalized spacial score (nSPS) is 16.0. The van der Waals surface area contributed by atoms with Gasteiger partial charge in [-0.2, -0.15) is 0 Å². The Morgan fingerprint density at radius 1 is 1.00 bits per heavy atom. The van der Waals surface area contributed by atoms with Crippen LogP contribution in [0.2, 0.25) is 0 Å². The van der Waals surface area contributed by atoms with Crippen LogP contribution in [0.5, 0.6) is 0 Å². The van der Waals surface area contributed by atoms with Crippen LogP contribution in [0.15, 0.2) is 72.3 Å². The summed E-state index contributed by atoms with van der Waals surface area (Å²) in [5, 5.41) is 2.95. The van der Waals surface area contributed by atoms with E-state index in [2.05, 4.69) is 17.7 Å². The van der Waals surface area contributed by atoms with Crippen LogP contribution in [-0.2, 0) is 37.2 Å². The largest absolute Gasteiger partial charge is 0.375 e. The highest BCUT2D eigenvalue weighted by atomic mass is 16.6. The van der Waals surface area contributed by atoms with Gasteiger partial charge in [-0.05, 0) is 36.3 Å². The van der Waals surface area contributed by atoms with Crippen LogP contribution >= 0.6 is 0 Å². The van der Waals surface area contributed by atoms with Gasteiger partial charge in [0.05, 0.1) is 32.3 Å².